The third-order valence-electron chi connectivity index (χ3n) is 2.83. The van der Waals surface area contributed by atoms with Crippen molar-refractivity contribution in [1.82, 2.24) is 9.78 Å². The Morgan fingerprint density at radius 2 is 2.06 bits per heavy atom. The first-order chi connectivity index (χ1) is 8.22. The molecular weight excluding hydrogens is 214 g/mol. The molecule has 0 saturated heterocycles. The van der Waals surface area contributed by atoms with Gasteiger partial charge in [0, 0.05) is 11.7 Å². The van der Waals surface area contributed by atoms with Crippen molar-refractivity contribution < 1.29 is 5.11 Å². The third kappa shape index (κ3) is 2.54. The number of para-hydroxylation sites is 1. The van der Waals surface area contributed by atoms with Crippen LogP contribution in [-0.2, 0) is 6.42 Å². The van der Waals surface area contributed by atoms with Crippen molar-refractivity contribution in [1.29, 1.82) is 0 Å². The Morgan fingerprint density at radius 3 is 2.71 bits per heavy atom. The van der Waals surface area contributed by atoms with Crippen LogP contribution in [0.25, 0.3) is 5.69 Å². The molecule has 2 rings (SSSR count). The van der Waals surface area contributed by atoms with Gasteiger partial charge in [-0.05, 0) is 31.0 Å². The van der Waals surface area contributed by atoms with E-state index in [1.165, 1.54) is 0 Å². The SMILES string of the molecule is Cc1c(CC(N)CO)cnn1-c1ccccc1. The second-order valence-corrected chi connectivity index (χ2v) is 4.15. The molecule has 1 aromatic carbocycles. The molecule has 0 fully saturated rings. The molecule has 0 bridgehead atoms. The van der Waals surface area contributed by atoms with E-state index in [9.17, 15) is 0 Å². The van der Waals surface area contributed by atoms with Crippen LogP contribution in [0.15, 0.2) is 36.5 Å². The average molecular weight is 231 g/mol. The lowest BCUT2D eigenvalue weighted by atomic mass is 10.1. The van der Waals surface area contributed by atoms with Crippen LogP contribution < -0.4 is 5.73 Å². The minimum absolute atomic E-state index is 0.00401. The summed E-state index contributed by atoms with van der Waals surface area (Å²) in [7, 11) is 0. The maximum absolute atomic E-state index is 8.96. The summed E-state index contributed by atoms with van der Waals surface area (Å²) < 4.78 is 1.89. The predicted molar refractivity (Wildman–Crippen MR) is 67.1 cm³/mol. The zero-order valence-electron chi connectivity index (χ0n) is 9.87. The van der Waals surface area contributed by atoms with E-state index < -0.39 is 0 Å². The molecule has 1 unspecified atom stereocenters. The number of nitrogens with two attached hydrogens (primary N) is 1. The van der Waals surface area contributed by atoms with Gasteiger partial charge in [0.25, 0.3) is 0 Å². The van der Waals surface area contributed by atoms with E-state index in [2.05, 4.69) is 5.10 Å². The molecule has 17 heavy (non-hydrogen) atoms. The quantitative estimate of drug-likeness (QED) is 0.826. The molecule has 1 heterocycles. The predicted octanol–water partition coefficient (Wildman–Crippen LogP) is 1.04. The highest BCUT2D eigenvalue weighted by Crippen LogP contribution is 2.14. The number of benzene rings is 1. The van der Waals surface area contributed by atoms with Gasteiger partial charge in [-0.1, -0.05) is 18.2 Å². The minimum Gasteiger partial charge on any atom is -0.395 e. The molecule has 2 aromatic rings. The molecule has 0 aliphatic heterocycles. The summed E-state index contributed by atoms with van der Waals surface area (Å²) in [6, 6.07) is 9.74. The summed E-state index contributed by atoms with van der Waals surface area (Å²) in [6.07, 6.45) is 2.47. The first-order valence-electron chi connectivity index (χ1n) is 5.67. The van der Waals surface area contributed by atoms with Crippen LogP contribution in [0.4, 0.5) is 0 Å². The van der Waals surface area contributed by atoms with Crippen molar-refractivity contribution in [3.8, 4) is 5.69 Å². The monoisotopic (exact) mass is 231 g/mol. The molecule has 0 radical (unpaired) electrons. The van der Waals surface area contributed by atoms with E-state index in [1.807, 2.05) is 48.1 Å². The Labute approximate surface area is 101 Å². The molecule has 0 saturated carbocycles. The van der Waals surface area contributed by atoms with E-state index in [0.717, 1.165) is 16.9 Å². The maximum Gasteiger partial charge on any atom is 0.0648 e. The van der Waals surface area contributed by atoms with Gasteiger partial charge in [0.2, 0.25) is 0 Å². The van der Waals surface area contributed by atoms with Gasteiger partial charge in [-0.2, -0.15) is 5.10 Å². The first-order valence-corrected chi connectivity index (χ1v) is 5.67. The van der Waals surface area contributed by atoms with Crippen LogP contribution in [0.2, 0.25) is 0 Å². The largest absolute Gasteiger partial charge is 0.395 e. The van der Waals surface area contributed by atoms with Gasteiger partial charge in [-0.3, -0.25) is 0 Å². The van der Waals surface area contributed by atoms with Crippen LogP contribution >= 0.6 is 0 Å². The van der Waals surface area contributed by atoms with Gasteiger partial charge in [-0.15, -0.1) is 0 Å². The van der Waals surface area contributed by atoms with E-state index in [0.29, 0.717) is 6.42 Å². The normalized spacial score (nSPS) is 12.6. The highest BCUT2D eigenvalue weighted by atomic mass is 16.3. The first kappa shape index (κ1) is 11.8. The number of aliphatic hydroxyl groups is 1. The van der Waals surface area contributed by atoms with E-state index in [1.54, 1.807) is 0 Å². The summed E-state index contributed by atoms with van der Waals surface area (Å²) >= 11 is 0. The molecule has 0 spiro atoms. The van der Waals surface area contributed by atoms with Crippen molar-refractivity contribution in [2.45, 2.75) is 19.4 Å². The standard InChI is InChI=1S/C13H17N3O/c1-10-11(7-12(14)9-17)8-15-16(10)13-5-3-2-4-6-13/h2-6,8,12,17H,7,9,14H2,1H3. The fraction of sp³-hybridized carbons (Fsp3) is 0.308. The van der Waals surface area contributed by atoms with E-state index >= 15 is 0 Å². The van der Waals surface area contributed by atoms with E-state index in [-0.39, 0.29) is 12.6 Å². The summed E-state index contributed by atoms with van der Waals surface area (Å²) in [5.74, 6) is 0. The number of rotatable bonds is 4. The smallest absolute Gasteiger partial charge is 0.0648 e. The van der Waals surface area contributed by atoms with Crippen molar-refractivity contribution in [3.05, 3.63) is 47.8 Å². The highest BCUT2D eigenvalue weighted by molar-refractivity contribution is 5.34. The number of hydrogen-bond acceptors (Lipinski definition) is 3. The summed E-state index contributed by atoms with van der Waals surface area (Å²) in [5, 5.41) is 13.3. The van der Waals surface area contributed by atoms with Crippen LogP contribution in [-0.4, -0.2) is 27.5 Å². The van der Waals surface area contributed by atoms with Gasteiger partial charge in [0.05, 0.1) is 18.5 Å². The molecule has 1 atom stereocenters. The number of hydrogen-bond donors (Lipinski definition) is 2. The summed E-state index contributed by atoms with van der Waals surface area (Å²) in [5.41, 5.74) is 8.92. The van der Waals surface area contributed by atoms with Crippen molar-refractivity contribution in [3.63, 3.8) is 0 Å². The van der Waals surface area contributed by atoms with Gasteiger partial charge in [-0.25, -0.2) is 4.68 Å². The Morgan fingerprint density at radius 1 is 1.35 bits per heavy atom. The number of aliphatic hydroxyl groups excluding tert-OH is 1. The fourth-order valence-corrected chi connectivity index (χ4v) is 1.82. The number of nitrogens with zero attached hydrogens (tertiary/aromatic N) is 2. The van der Waals surface area contributed by atoms with Crippen molar-refractivity contribution >= 4 is 0 Å². The molecule has 4 heteroatoms. The fourth-order valence-electron chi connectivity index (χ4n) is 1.82. The highest BCUT2D eigenvalue weighted by Gasteiger charge is 2.10. The zero-order valence-corrected chi connectivity index (χ0v) is 9.87. The lowest BCUT2D eigenvalue weighted by Crippen LogP contribution is -2.27. The molecule has 3 N–H and O–H groups in total. The van der Waals surface area contributed by atoms with Crippen molar-refractivity contribution in [2.75, 3.05) is 6.61 Å². The third-order valence-corrected chi connectivity index (χ3v) is 2.83. The van der Waals surface area contributed by atoms with Crippen LogP contribution in [0, 0.1) is 6.92 Å². The zero-order chi connectivity index (χ0) is 12.3. The minimum atomic E-state index is -0.220. The van der Waals surface area contributed by atoms with Crippen LogP contribution in [0.5, 0.6) is 0 Å². The lowest BCUT2D eigenvalue weighted by molar-refractivity contribution is 0.265. The molecule has 0 aliphatic rings. The average Bonchev–Trinajstić information content (AvgIpc) is 2.72. The molecule has 4 nitrogen and oxygen atoms in total. The summed E-state index contributed by atoms with van der Waals surface area (Å²) in [6.45, 7) is 2.01. The Bertz CT molecular complexity index is 479. The number of aromatic nitrogens is 2. The summed E-state index contributed by atoms with van der Waals surface area (Å²) in [4.78, 5) is 0. The van der Waals surface area contributed by atoms with Crippen molar-refractivity contribution in [2.24, 2.45) is 5.73 Å². The lowest BCUT2D eigenvalue weighted by Gasteiger charge is -2.08. The van der Waals surface area contributed by atoms with E-state index in [4.69, 9.17) is 10.8 Å². The van der Waals surface area contributed by atoms with Gasteiger partial charge in [0.1, 0.15) is 0 Å². The molecule has 1 aromatic heterocycles. The molecule has 90 valence electrons. The Kier molecular flexibility index (Phi) is 3.56. The Balaban J connectivity index is 2.27. The second-order valence-electron chi connectivity index (χ2n) is 4.15. The maximum atomic E-state index is 8.96. The van der Waals surface area contributed by atoms with Gasteiger partial charge < -0.3 is 10.8 Å². The molecular formula is C13H17N3O. The Hall–Kier alpha value is -1.65. The molecule has 0 amide bonds. The van der Waals surface area contributed by atoms with Gasteiger partial charge >= 0.3 is 0 Å². The van der Waals surface area contributed by atoms with Crippen LogP contribution in [0.1, 0.15) is 11.3 Å². The van der Waals surface area contributed by atoms with Gasteiger partial charge in [0.15, 0.2) is 0 Å². The molecule has 0 aliphatic carbocycles. The topological polar surface area (TPSA) is 64.1 Å². The van der Waals surface area contributed by atoms with Crippen LogP contribution in [0.3, 0.4) is 0 Å². The second kappa shape index (κ2) is 5.12.